The topological polar surface area (TPSA) is 87.1 Å². The van der Waals surface area contributed by atoms with Crippen LogP contribution in [0.25, 0.3) is 0 Å². The van der Waals surface area contributed by atoms with E-state index in [0.29, 0.717) is 5.96 Å². The van der Waals surface area contributed by atoms with Crippen molar-refractivity contribution < 1.29 is 9.53 Å². The van der Waals surface area contributed by atoms with E-state index < -0.39 is 5.60 Å². The van der Waals surface area contributed by atoms with E-state index in [1.165, 1.54) is 0 Å². The average molecular weight is 376 g/mol. The summed E-state index contributed by atoms with van der Waals surface area (Å²) in [6.45, 7) is 9.61. The second-order valence-corrected chi connectivity index (χ2v) is 9.09. The molecule has 0 aromatic carbocycles. The Morgan fingerprint density at radius 2 is 1.70 bits per heavy atom. The van der Waals surface area contributed by atoms with Crippen LogP contribution >= 0.6 is 0 Å². The smallest absolute Gasteiger partial charge is 0.408 e. The maximum absolute atomic E-state index is 12.2. The van der Waals surface area contributed by atoms with E-state index in [9.17, 15) is 4.79 Å². The molecule has 150 valence electrons. The van der Waals surface area contributed by atoms with Gasteiger partial charge in [-0.1, -0.05) is 0 Å². The number of nitrogens with zero attached hydrogens (tertiary/aromatic N) is 2. The second-order valence-electron chi connectivity index (χ2n) is 9.09. The Labute approximate surface area is 162 Å². The predicted molar refractivity (Wildman–Crippen MR) is 108 cm³/mol. The minimum atomic E-state index is -0.471. The lowest BCUT2D eigenvalue weighted by molar-refractivity contribution is 0.0241. The summed E-state index contributed by atoms with van der Waals surface area (Å²) < 4.78 is 5.46. The molecule has 1 unspecified atom stereocenters. The molecule has 0 spiro atoms. The SMILES string of the molecule is CC=NC(=NC1C=C(C)N1)NC12CCC(NC(=O)OC(C)(C)C)(CC1)CC2. The highest BCUT2D eigenvalue weighted by atomic mass is 16.6. The van der Waals surface area contributed by atoms with Gasteiger partial charge in [-0.15, -0.1) is 0 Å². The Kier molecular flexibility index (Phi) is 5.23. The summed E-state index contributed by atoms with van der Waals surface area (Å²) in [5.41, 5.74) is 0.564. The number of rotatable bonds is 3. The van der Waals surface area contributed by atoms with Gasteiger partial charge in [0.2, 0.25) is 5.96 Å². The maximum Gasteiger partial charge on any atom is 0.408 e. The molecule has 27 heavy (non-hydrogen) atoms. The predicted octanol–water partition coefficient (Wildman–Crippen LogP) is 3.23. The molecule has 7 heteroatoms. The second kappa shape index (κ2) is 7.17. The molecular weight excluding hydrogens is 342 g/mol. The van der Waals surface area contributed by atoms with Gasteiger partial charge < -0.3 is 20.7 Å². The first-order valence-electron chi connectivity index (χ1n) is 9.94. The third-order valence-electron chi connectivity index (χ3n) is 5.69. The minimum absolute atomic E-state index is 0.00714. The van der Waals surface area contributed by atoms with Gasteiger partial charge in [0.1, 0.15) is 11.8 Å². The monoisotopic (exact) mass is 375 g/mol. The van der Waals surface area contributed by atoms with Crippen molar-refractivity contribution in [2.24, 2.45) is 9.98 Å². The van der Waals surface area contributed by atoms with Gasteiger partial charge in [-0.25, -0.2) is 14.8 Å². The minimum Gasteiger partial charge on any atom is -0.444 e. The number of alkyl carbamates (subject to hydrolysis) is 1. The Balaban J connectivity index is 1.60. The van der Waals surface area contributed by atoms with Gasteiger partial charge in [-0.05, 0) is 79.2 Å². The molecule has 0 saturated heterocycles. The van der Waals surface area contributed by atoms with Crippen molar-refractivity contribution in [1.82, 2.24) is 16.0 Å². The zero-order chi connectivity index (χ0) is 19.7. The lowest BCUT2D eigenvalue weighted by atomic mass is 9.61. The number of allylic oxidation sites excluding steroid dienone is 1. The number of guanidine groups is 1. The fourth-order valence-electron chi connectivity index (χ4n) is 4.20. The molecular formula is C20H33N5O2. The first-order valence-corrected chi connectivity index (χ1v) is 9.94. The summed E-state index contributed by atoms with van der Waals surface area (Å²) in [7, 11) is 0. The van der Waals surface area contributed by atoms with Crippen LogP contribution in [0.1, 0.15) is 73.1 Å². The first kappa shape index (κ1) is 19.7. The standard InChI is InChI=1S/C20H33N5O2/c1-6-21-16(23-15-13-14(2)22-15)24-19-7-10-20(11-8-19,12-9-19)25-17(26)27-18(3,4)5/h6,13,15,22H,7-12H2,1-5H3,(H,23,24)(H,25,26). The molecule has 1 aliphatic heterocycles. The van der Waals surface area contributed by atoms with Gasteiger partial charge in [0.25, 0.3) is 0 Å². The molecule has 3 N–H and O–H groups in total. The van der Waals surface area contributed by atoms with Crippen molar-refractivity contribution in [2.45, 2.75) is 96.0 Å². The van der Waals surface area contributed by atoms with Crippen LogP contribution in [-0.4, -0.2) is 41.1 Å². The highest BCUT2D eigenvalue weighted by molar-refractivity contribution is 5.88. The maximum atomic E-state index is 12.2. The van der Waals surface area contributed by atoms with E-state index in [1.54, 1.807) is 6.21 Å². The van der Waals surface area contributed by atoms with Crippen LogP contribution in [0.2, 0.25) is 0 Å². The van der Waals surface area contributed by atoms with Crippen molar-refractivity contribution in [3.63, 3.8) is 0 Å². The van der Waals surface area contributed by atoms with Gasteiger partial charge in [0.05, 0.1) is 0 Å². The first-order chi connectivity index (χ1) is 12.6. The highest BCUT2D eigenvalue weighted by Crippen LogP contribution is 2.47. The number of fused-ring (bicyclic) bond motifs is 3. The molecule has 0 aromatic heterocycles. The van der Waals surface area contributed by atoms with E-state index in [-0.39, 0.29) is 23.3 Å². The molecule has 3 aliphatic carbocycles. The summed E-state index contributed by atoms with van der Waals surface area (Å²) in [6, 6.07) is 0. The Hall–Kier alpha value is -2.05. The lowest BCUT2D eigenvalue weighted by Gasteiger charge is -2.53. The number of ether oxygens (including phenoxy) is 1. The third kappa shape index (κ3) is 4.82. The van der Waals surface area contributed by atoms with Crippen LogP contribution in [0.4, 0.5) is 4.79 Å². The van der Waals surface area contributed by atoms with Crippen LogP contribution in [0.15, 0.2) is 21.8 Å². The van der Waals surface area contributed by atoms with Crippen LogP contribution in [-0.2, 0) is 4.74 Å². The summed E-state index contributed by atoms with van der Waals surface area (Å²) in [5.74, 6) is 0.688. The number of nitrogens with one attached hydrogen (secondary N) is 3. The molecule has 0 aromatic rings. The van der Waals surface area contributed by atoms with E-state index in [0.717, 1.165) is 44.2 Å². The molecule has 7 nitrogen and oxygen atoms in total. The average Bonchev–Trinajstić information content (AvgIpc) is 2.53. The van der Waals surface area contributed by atoms with E-state index in [1.807, 2.05) is 34.6 Å². The Morgan fingerprint density at radius 1 is 1.19 bits per heavy atom. The molecule has 2 bridgehead atoms. The van der Waals surface area contributed by atoms with Crippen molar-refractivity contribution in [3.8, 4) is 0 Å². The number of carbonyl (C=O) groups is 1. The number of aliphatic imine (C=N–C) groups is 2. The fraction of sp³-hybridized carbons (Fsp3) is 0.750. The van der Waals surface area contributed by atoms with Crippen LogP contribution in [0, 0.1) is 0 Å². The van der Waals surface area contributed by atoms with Crippen molar-refractivity contribution in [1.29, 1.82) is 0 Å². The molecule has 4 aliphatic rings. The van der Waals surface area contributed by atoms with Crippen LogP contribution < -0.4 is 16.0 Å². The van der Waals surface area contributed by atoms with Gasteiger partial charge in [0.15, 0.2) is 0 Å². The Morgan fingerprint density at radius 3 is 2.15 bits per heavy atom. The fourth-order valence-corrected chi connectivity index (χ4v) is 4.20. The molecule has 3 saturated carbocycles. The number of carbonyl (C=O) groups excluding carboxylic acids is 1. The van der Waals surface area contributed by atoms with Crippen molar-refractivity contribution in [3.05, 3.63) is 11.8 Å². The van der Waals surface area contributed by atoms with Gasteiger partial charge >= 0.3 is 6.09 Å². The molecule has 1 heterocycles. The highest BCUT2D eigenvalue weighted by Gasteiger charge is 2.50. The van der Waals surface area contributed by atoms with Crippen molar-refractivity contribution >= 4 is 18.3 Å². The van der Waals surface area contributed by atoms with E-state index in [2.05, 4.69) is 32.0 Å². The number of hydrogen-bond acceptors (Lipinski definition) is 4. The number of amides is 1. The Bertz CT molecular complexity index is 650. The third-order valence-corrected chi connectivity index (χ3v) is 5.69. The molecule has 1 amide bonds. The lowest BCUT2D eigenvalue weighted by Crippen LogP contribution is -2.64. The largest absolute Gasteiger partial charge is 0.444 e. The van der Waals surface area contributed by atoms with Gasteiger partial charge in [-0.3, -0.25) is 0 Å². The van der Waals surface area contributed by atoms with Gasteiger partial charge in [-0.2, -0.15) is 0 Å². The summed E-state index contributed by atoms with van der Waals surface area (Å²) in [4.78, 5) is 21.3. The zero-order valence-corrected chi connectivity index (χ0v) is 17.2. The zero-order valence-electron chi connectivity index (χ0n) is 17.2. The van der Waals surface area contributed by atoms with Crippen LogP contribution in [0.3, 0.4) is 0 Å². The van der Waals surface area contributed by atoms with Crippen molar-refractivity contribution in [2.75, 3.05) is 0 Å². The summed E-state index contributed by atoms with van der Waals surface area (Å²) >= 11 is 0. The normalized spacial score (nSPS) is 33.1. The molecule has 4 rings (SSSR count). The van der Waals surface area contributed by atoms with E-state index >= 15 is 0 Å². The van der Waals surface area contributed by atoms with Gasteiger partial charge in [0, 0.05) is 23.0 Å². The van der Waals surface area contributed by atoms with E-state index in [4.69, 9.17) is 4.74 Å². The molecule has 1 atom stereocenters. The summed E-state index contributed by atoms with van der Waals surface area (Å²) in [6.07, 6.45) is 9.39. The molecule has 0 radical (unpaired) electrons. The van der Waals surface area contributed by atoms with Crippen LogP contribution in [0.5, 0.6) is 0 Å². The molecule has 3 fully saturated rings. The quantitative estimate of drug-likeness (QED) is 0.522. The number of hydrogen-bond donors (Lipinski definition) is 3. The summed E-state index contributed by atoms with van der Waals surface area (Å²) in [5, 5.41) is 10.0.